The van der Waals surface area contributed by atoms with Gasteiger partial charge in [-0.25, -0.2) is 0 Å². The molecule has 1 saturated carbocycles. The van der Waals surface area contributed by atoms with Gasteiger partial charge in [-0.15, -0.1) is 0 Å². The number of nitrogens with zero attached hydrogens (tertiary/aromatic N) is 1. The second-order valence-electron chi connectivity index (χ2n) is 7.21. The van der Waals surface area contributed by atoms with Crippen molar-refractivity contribution in [2.24, 2.45) is 0 Å². The zero-order chi connectivity index (χ0) is 18.9. The zero-order valence-electron chi connectivity index (χ0n) is 15.5. The van der Waals surface area contributed by atoms with Gasteiger partial charge in [0.25, 0.3) is 0 Å². The molecule has 27 heavy (non-hydrogen) atoms. The van der Waals surface area contributed by atoms with E-state index in [-0.39, 0.29) is 5.91 Å². The Balaban J connectivity index is 1.62. The summed E-state index contributed by atoms with van der Waals surface area (Å²) < 4.78 is 11.5. The Morgan fingerprint density at radius 3 is 2.63 bits per heavy atom. The van der Waals surface area contributed by atoms with E-state index in [1.807, 2.05) is 54.3 Å². The van der Waals surface area contributed by atoms with Crippen molar-refractivity contribution in [1.29, 1.82) is 0 Å². The summed E-state index contributed by atoms with van der Waals surface area (Å²) in [6, 6.07) is 13.6. The first-order chi connectivity index (χ1) is 13.1. The number of likely N-dealkylation sites (N-methyl/N-ethyl adjacent to an activating group) is 1. The van der Waals surface area contributed by atoms with Crippen LogP contribution in [-0.4, -0.2) is 30.6 Å². The first-order valence-electron chi connectivity index (χ1n) is 9.57. The standard InChI is InChI=1S/C22H24ClNO3/c1-2-24(15-16-6-3-9-19-20(16)27-13-12-26-19)21(25)22(10-5-11-22)17-7-4-8-18(23)14-17/h3-4,6-9,14H,2,5,10-13,15H2,1H3. The number of hydrogen-bond donors (Lipinski definition) is 0. The third kappa shape index (κ3) is 3.27. The van der Waals surface area contributed by atoms with Crippen molar-refractivity contribution in [3.63, 3.8) is 0 Å². The van der Waals surface area contributed by atoms with Crippen molar-refractivity contribution in [3.05, 3.63) is 58.6 Å². The average Bonchev–Trinajstić information content (AvgIpc) is 2.65. The number of fused-ring (bicyclic) bond motifs is 1. The van der Waals surface area contributed by atoms with Crippen LogP contribution in [-0.2, 0) is 16.8 Å². The highest BCUT2D eigenvalue weighted by Crippen LogP contribution is 2.46. The predicted octanol–water partition coefficient (Wildman–Crippen LogP) is 4.58. The molecule has 0 radical (unpaired) electrons. The maximum Gasteiger partial charge on any atom is 0.233 e. The second kappa shape index (κ2) is 7.43. The molecule has 4 nitrogen and oxygen atoms in total. The van der Waals surface area contributed by atoms with Crippen molar-refractivity contribution < 1.29 is 14.3 Å². The van der Waals surface area contributed by atoms with Gasteiger partial charge in [0, 0.05) is 23.7 Å². The van der Waals surface area contributed by atoms with Crippen LogP contribution in [0.2, 0.25) is 5.02 Å². The van der Waals surface area contributed by atoms with E-state index >= 15 is 0 Å². The fourth-order valence-electron chi connectivity index (χ4n) is 4.04. The van der Waals surface area contributed by atoms with Gasteiger partial charge in [0.1, 0.15) is 13.2 Å². The number of hydrogen-bond acceptors (Lipinski definition) is 3. The number of carbonyl (C=O) groups is 1. The molecule has 142 valence electrons. The fraction of sp³-hybridized carbons (Fsp3) is 0.409. The van der Waals surface area contributed by atoms with Gasteiger partial charge in [0.2, 0.25) is 5.91 Å². The van der Waals surface area contributed by atoms with E-state index in [1.165, 1.54) is 0 Å². The molecule has 2 aromatic carbocycles. The lowest BCUT2D eigenvalue weighted by Gasteiger charge is -2.44. The molecule has 0 bridgehead atoms. The van der Waals surface area contributed by atoms with Crippen molar-refractivity contribution in [2.45, 2.75) is 38.1 Å². The normalized spacial score (nSPS) is 17.1. The van der Waals surface area contributed by atoms with E-state index in [0.29, 0.717) is 31.3 Å². The van der Waals surface area contributed by atoms with Crippen LogP contribution in [0.15, 0.2) is 42.5 Å². The summed E-state index contributed by atoms with van der Waals surface area (Å²) >= 11 is 6.20. The number of rotatable bonds is 5. The molecular weight excluding hydrogens is 362 g/mol. The van der Waals surface area contributed by atoms with E-state index < -0.39 is 5.41 Å². The monoisotopic (exact) mass is 385 g/mol. The minimum atomic E-state index is -0.451. The van der Waals surface area contributed by atoms with Gasteiger partial charge < -0.3 is 14.4 Å². The van der Waals surface area contributed by atoms with Crippen LogP contribution >= 0.6 is 11.6 Å². The summed E-state index contributed by atoms with van der Waals surface area (Å²) in [7, 11) is 0. The Hall–Kier alpha value is -2.20. The molecule has 0 unspecified atom stereocenters. The van der Waals surface area contributed by atoms with Crippen LogP contribution in [0.1, 0.15) is 37.3 Å². The van der Waals surface area contributed by atoms with Gasteiger partial charge in [-0.2, -0.15) is 0 Å². The molecule has 2 aliphatic rings. The number of halogens is 1. The van der Waals surface area contributed by atoms with Crippen LogP contribution in [0.5, 0.6) is 11.5 Å². The molecular formula is C22H24ClNO3. The molecule has 0 N–H and O–H groups in total. The molecule has 1 aliphatic carbocycles. The summed E-state index contributed by atoms with van der Waals surface area (Å²) in [4.78, 5) is 15.5. The average molecular weight is 386 g/mol. The smallest absolute Gasteiger partial charge is 0.233 e. The number of benzene rings is 2. The minimum Gasteiger partial charge on any atom is -0.486 e. The molecule has 0 aromatic heterocycles. The Bertz CT molecular complexity index is 847. The summed E-state index contributed by atoms with van der Waals surface area (Å²) in [6.07, 6.45) is 2.80. The lowest BCUT2D eigenvalue weighted by Crippen LogP contribution is -2.50. The first kappa shape index (κ1) is 18.2. The third-order valence-corrected chi connectivity index (χ3v) is 5.91. The Morgan fingerprint density at radius 1 is 1.15 bits per heavy atom. The quantitative estimate of drug-likeness (QED) is 0.756. The SMILES string of the molecule is CCN(Cc1cccc2c1OCCO2)C(=O)C1(c2cccc(Cl)c2)CCC1. The van der Waals surface area contributed by atoms with Crippen molar-refractivity contribution in [3.8, 4) is 11.5 Å². The van der Waals surface area contributed by atoms with Crippen LogP contribution in [0.4, 0.5) is 0 Å². The van der Waals surface area contributed by atoms with Gasteiger partial charge in [0.15, 0.2) is 11.5 Å². The van der Waals surface area contributed by atoms with Crippen LogP contribution in [0, 0.1) is 0 Å². The largest absolute Gasteiger partial charge is 0.486 e. The van der Waals surface area contributed by atoms with E-state index in [0.717, 1.165) is 41.9 Å². The lowest BCUT2D eigenvalue weighted by atomic mass is 9.63. The van der Waals surface area contributed by atoms with E-state index in [1.54, 1.807) is 0 Å². The van der Waals surface area contributed by atoms with E-state index in [9.17, 15) is 4.79 Å². The lowest BCUT2D eigenvalue weighted by molar-refractivity contribution is -0.141. The zero-order valence-corrected chi connectivity index (χ0v) is 16.3. The Kier molecular flexibility index (Phi) is 5.00. The predicted molar refractivity (Wildman–Crippen MR) is 106 cm³/mol. The molecule has 1 fully saturated rings. The molecule has 1 aliphatic heterocycles. The number of ether oxygens (including phenoxy) is 2. The van der Waals surface area contributed by atoms with Crippen molar-refractivity contribution in [1.82, 2.24) is 4.90 Å². The van der Waals surface area contributed by atoms with Crippen LogP contribution in [0.3, 0.4) is 0 Å². The molecule has 0 saturated heterocycles. The Morgan fingerprint density at radius 2 is 1.93 bits per heavy atom. The van der Waals surface area contributed by atoms with Gasteiger partial charge in [-0.3, -0.25) is 4.79 Å². The number of amides is 1. The molecule has 0 atom stereocenters. The number of carbonyl (C=O) groups excluding carboxylic acids is 1. The number of para-hydroxylation sites is 1. The first-order valence-corrected chi connectivity index (χ1v) is 9.95. The van der Waals surface area contributed by atoms with Gasteiger partial charge in [0.05, 0.1) is 5.41 Å². The maximum absolute atomic E-state index is 13.6. The van der Waals surface area contributed by atoms with E-state index in [2.05, 4.69) is 0 Å². The summed E-state index contributed by atoms with van der Waals surface area (Å²) in [5.41, 5.74) is 1.56. The highest BCUT2D eigenvalue weighted by molar-refractivity contribution is 6.30. The topological polar surface area (TPSA) is 38.8 Å². The van der Waals surface area contributed by atoms with Crippen molar-refractivity contribution >= 4 is 17.5 Å². The van der Waals surface area contributed by atoms with Crippen molar-refractivity contribution in [2.75, 3.05) is 19.8 Å². The van der Waals surface area contributed by atoms with E-state index in [4.69, 9.17) is 21.1 Å². The molecule has 0 spiro atoms. The highest BCUT2D eigenvalue weighted by Gasteiger charge is 2.47. The van der Waals surface area contributed by atoms with Crippen LogP contribution < -0.4 is 9.47 Å². The minimum absolute atomic E-state index is 0.174. The highest BCUT2D eigenvalue weighted by atomic mass is 35.5. The molecule has 1 heterocycles. The summed E-state index contributed by atoms with van der Waals surface area (Å²) in [6.45, 7) is 4.28. The molecule has 5 heteroatoms. The van der Waals surface area contributed by atoms with Gasteiger partial charge >= 0.3 is 0 Å². The summed E-state index contributed by atoms with van der Waals surface area (Å²) in [5.74, 6) is 1.70. The third-order valence-electron chi connectivity index (χ3n) is 5.67. The summed E-state index contributed by atoms with van der Waals surface area (Å²) in [5, 5.41) is 0.678. The molecule has 1 amide bonds. The molecule has 4 rings (SSSR count). The van der Waals surface area contributed by atoms with Gasteiger partial charge in [-0.05, 0) is 43.5 Å². The van der Waals surface area contributed by atoms with Crippen LogP contribution in [0.25, 0.3) is 0 Å². The second-order valence-corrected chi connectivity index (χ2v) is 7.64. The van der Waals surface area contributed by atoms with Gasteiger partial charge in [-0.1, -0.05) is 42.3 Å². The fourth-order valence-corrected chi connectivity index (χ4v) is 4.23. The maximum atomic E-state index is 13.6. The Labute approximate surface area is 165 Å². The molecule has 2 aromatic rings.